The van der Waals surface area contributed by atoms with Crippen LogP contribution in [-0.2, 0) is 6.42 Å². The van der Waals surface area contributed by atoms with Gasteiger partial charge in [-0.15, -0.1) is 0 Å². The second-order valence-electron chi connectivity index (χ2n) is 5.47. The molecule has 0 bridgehead atoms. The van der Waals surface area contributed by atoms with E-state index in [0.29, 0.717) is 13.0 Å². The van der Waals surface area contributed by atoms with E-state index >= 15 is 0 Å². The van der Waals surface area contributed by atoms with Gasteiger partial charge in [-0.1, -0.05) is 19.0 Å². The van der Waals surface area contributed by atoms with Crippen molar-refractivity contribution in [2.24, 2.45) is 16.8 Å². The summed E-state index contributed by atoms with van der Waals surface area (Å²) >= 11 is 0. The highest BCUT2D eigenvalue weighted by Gasteiger charge is 2.25. The molecule has 1 aromatic rings. The van der Waals surface area contributed by atoms with Gasteiger partial charge in [0, 0.05) is 31.0 Å². The molecule has 21 heavy (non-hydrogen) atoms. The number of nitrogens with zero attached hydrogens (tertiary/aromatic N) is 2. The van der Waals surface area contributed by atoms with Gasteiger partial charge in [-0.25, -0.2) is 4.39 Å². The van der Waals surface area contributed by atoms with E-state index in [-0.39, 0.29) is 23.7 Å². The molecule has 6 heteroatoms. The smallest absolute Gasteiger partial charge is 0.143 e. The first-order valence-corrected chi connectivity index (χ1v) is 7.18. The second kappa shape index (κ2) is 6.76. The Hall–Kier alpha value is -1.82. The summed E-state index contributed by atoms with van der Waals surface area (Å²) in [6.07, 6.45) is 0.725. The minimum absolute atomic E-state index is 0.0150. The summed E-state index contributed by atoms with van der Waals surface area (Å²) in [5.74, 6) is 0.732. The fraction of sp³-hybridized carbons (Fsp3) is 0.533. The van der Waals surface area contributed by atoms with Crippen LogP contribution in [0.3, 0.4) is 0 Å². The van der Waals surface area contributed by atoms with Gasteiger partial charge in [0.1, 0.15) is 23.5 Å². The van der Waals surface area contributed by atoms with Gasteiger partial charge in [0.2, 0.25) is 0 Å². The van der Waals surface area contributed by atoms with Gasteiger partial charge in [-0.2, -0.15) is 0 Å². The lowest BCUT2D eigenvalue weighted by molar-refractivity contribution is 0.149. The van der Waals surface area contributed by atoms with Crippen LogP contribution in [0.2, 0.25) is 0 Å². The largest absolute Gasteiger partial charge is 0.488 e. The zero-order valence-corrected chi connectivity index (χ0v) is 12.4. The Bertz CT molecular complexity index is 522. The van der Waals surface area contributed by atoms with Crippen LogP contribution >= 0.6 is 0 Å². The summed E-state index contributed by atoms with van der Waals surface area (Å²) in [6.45, 7) is 6.23. The van der Waals surface area contributed by atoms with Crippen molar-refractivity contribution in [2.45, 2.75) is 26.4 Å². The van der Waals surface area contributed by atoms with E-state index in [4.69, 9.17) is 15.7 Å². The number of hydrogen-bond acceptors (Lipinski definition) is 4. The average Bonchev–Trinajstić information content (AvgIpc) is 2.86. The minimum Gasteiger partial charge on any atom is -0.488 e. The average molecular weight is 295 g/mol. The van der Waals surface area contributed by atoms with E-state index in [2.05, 4.69) is 17.0 Å². The molecule has 3 N–H and O–H groups in total. The van der Waals surface area contributed by atoms with Gasteiger partial charge in [0.05, 0.1) is 0 Å². The van der Waals surface area contributed by atoms with Crippen LogP contribution in [0.25, 0.3) is 0 Å². The Morgan fingerprint density at radius 1 is 1.62 bits per heavy atom. The molecular formula is C15H22FN3O2. The van der Waals surface area contributed by atoms with E-state index in [1.54, 1.807) is 6.07 Å². The maximum absolute atomic E-state index is 13.2. The van der Waals surface area contributed by atoms with Crippen LogP contribution in [0.1, 0.15) is 19.4 Å². The first kappa shape index (κ1) is 15.6. The highest BCUT2D eigenvalue weighted by molar-refractivity contribution is 5.82. The molecule has 2 unspecified atom stereocenters. The zero-order chi connectivity index (χ0) is 15.4. The molecule has 0 aliphatic carbocycles. The summed E-state index contributed by atoms with van der Waals surface area (Å²) in [7, 11) is 0. The Balaban J connectivity index is 1.92. The number of ether oxygens (including phenoxy) is 1. The van der Waals surface area contributed by atoms with E-state index in [1.807, 2.05) is 6.92 Å². The molecule has 0 radical (unpaired) electrons. The van der Waals surface area contributed by atoms with Crippen molar-refractivity contribution in [3.05, 3.63) is 29.6 Å². The predicted molar refractivity (Wildman–Crippen MR) is 79.2 cm³/mol. The number of nitrogens with two attached hydrogens (primary N) is 1. The first-order valence-electron chi connectivity index (χ1n) is 7.18. The third-order valence-electron chi connectivity index (χ3n) is 3.83. The number of benzene rings is 1. The van der Waals surface area contributed by atoms with E-state index < -0.39 is 0 Å². The third kappa shape index (κ3) is 3.85. The van der Waals surface area contributed by atoms with Gasteiger partial charge >= 0.3 is 0 Å². The SMILES string of the molecule is CCN(CC1Cc2cc(F)ccc2O1)CC(C)C(N)=NO. The number of oxime groups is 1. The number of amidine groups is 1. The van der Waals surface area contributed by atoms with E-state index in [9.17, 15) is 4.39 Å². The molecule has 1 aliphatic heterocycles. The summed E-state index contributed by atoms with van der Waals surface area (Å²) in [5, 5.41) is 11.7. The summed E-state index contributed by atoms with van der Waals surface area (Å²) in [6, 6.07) is 4.63. The lowest BCUT2D eigenvalue weighted by Gasteiger charge is -2.26. The van der Waals surface area contributed by atoms with Crippen LogP contribution in [-0.4, -0.2) is 41.7 Å². The zero-order valence-electron chi connectivity index (χ0n) is 12.4. The topological polar surface area (TPSA) is 71.1 Å². The van der Waals surface area contributed by atoms with Gasteiger partial charge in [0.15, 0.2) is 0 Å². The number of fused-ring (bicyclic) bond motifs is 1. The molecule has 1 aliphatic rings. The maximum Gasteiger partial charge on any atom is 0.143 e. The molecule has 0 fully saturated rings. The highest BCUT2D eigenvalue weighted by atomic mass is 19.1. The van der Waals surface area contributed by atoms with Crippen molar-refractivity contribution in [1.29, 1.82) is 0 Å². The van der Waals surface area contributed by atoms with E-state index in [0.717, 1.165) is 24.4 Å². The molecular weight excluding hydrogens is 273 g/mol. The Kier molecular flexibility index (Phi) is 5.01. The standard InChI is InChI=1S/C15H22FN3O2/c1-3-19(8-10(2)15(17)18-20)9-13-7-11-6-12(16)4-5-14(11)21-13/h4-6,10,13,20H,3,7-9H2,1-2H3,(H2,17,18). The molecule has 116 valence electrons. The maximum atomic E-state index is 13.2. The fourth-order valence-corrected chi connectivity index (χ4v) is 2.59. The van der Waals surface area contributed by atoms with Gasteiger partial charge in [0.25, 0.3) is 0 Å². The van der Waals surface area contributed by atoms with Crippen molar-refractivity contribution in [3.63, 3.8) is 0 Å². The Labute approximate surface area is 124 Å². The van der Waals surface area contributed by atoms with Crippen LogP contribution in [0.15, 0.2) is 23.4 Å². The van der Waals surface area contributed by atoms with Crippen LogP contribution in [0, 0.1) is 11.7 Å². The first-order chi connectivity index (χ1) is 10.0. The molecule has 0 amide bonds. The highest BCUT2D eigenvalue weighted by Crippen LogP contribution is 2.29. The molecule has 5 nitrogen and oxygen atoms in total. The van der Waals surface area contributed by atoms with Crippen LogP contribution < -0.4 is 10.5 Å². The number of rotatable bonds is 6. The molecule has 2 atom stereocenters. The van der Waals surface area contributed by atoms with Crippen LogP contribution in [0.5, 0.6) is 5.75 Å². The normalized spacial score (nSPS) is 19.4. The number of hydrogen-bond donors (Lipinski definition) is 2. The number of halogens is 1. The molecule has 0 saturated carbocycles. The lowest BCUT2D eigenvalue weighted by Crippen LogP contribution is -2.40. The Morgan fingerprint density at radius 3 is 3.05 bits per heavy atom. The molecule has 0 saturated heterocycles. The monoisotopic (exact) mass is 295 g/mol. The van der Waals surface area contributed by atoms with Crippen molar-refractivity contribution < 1.29 is 14.3 Å². The summed E-state index contributed by atoms with van der Waals surface area (Å²) in [5.41, 5.74) is 6.53. The summed E-state index contributed by atoms with van der Waals surface area (Å²) in [4.78, 5) is 2.19. The Morgan fingerprint density at radius 2 is 2.38 bits per heavy atom. The lowest BCUT2D eigenvalue weighted by atomic mass is 10.1. The van der Waals surface area contributed by atoms with Gasteiger partial charge < -0.3 is 15.7 Å². The minimum atomic E-state index is -0.231. The summed E-state index contributed by atoms with van der Waals surface area (Å²) < 4.78 is 19.0. The van der Waals surface area contributed by atoms with Gasteiger partial charge in [-0.3, -0.25) is 4.90 Å². The molecule has 0 aromatic heterocycles. The molecule has 0 spiro atoms. The van der Waals surface area contributed by atoms with Crippen LogP contribution in [0.4, 0.5) is 4.39 Å². The van der Waals surface area contributed by atoms with Gasteiger partial charge in [-0.05, 0) is 24.7 Å². The quantitative estimate of drug-likeness (QED) is 0.363. The van der Waals surface area contributed by atoms with E-state index in [1.165, 1.54) is 12.1 Å². The fourth-order valence-electron chi connectivity index (χ4n) is 2.59. The van der Waals surface area contributed by atoms with Crippen molar-refractivity contribution >= 4 is 5.84 Å². The second-order valence-corrected chi connectivity index (χ2v) is 5.47. The third-order valence-corrected chi connectivity index (χ3v) is 3.83. The molecule has 2 rings (SSSR count). The molecule has 1 heterocycles. The van der Waals surface area contributed by atoms with Crippen molar-refractivity contribution in [2.75, 3.05) is 19.6 Å². The molecule has 1 aromatic carbocycles. The van der Waals surface area contributed by atoms with Crippen molar-refractivity contribution in [1.82, 2.24) is 4.90 Å². The predicted octanol–water partition coefficient (Wildman–Crippen LogP) is 1.83. The number of likely N-dealkylation sites (N-methyl/N-ethyl adjacent to an activating group) is 1. The van der Waals surface area contributed by atoms with Crippen molar-refractivity contribution in [3.8, 4) is 5.75 Å².